The van der Waals surface area contributed by atoms with Gasteiger partial charge in [-0.25, -0.2) is 4.98 Å². The van der Waals surface area contributed by atoms with E-state index in [1.165, 1.54) is 19.2 Å². The lowest BCUT2D eigenvalue weighted by Crippen LogP contribution is -2.45. The van der Waals surface area contributed by atoms with Crippen LogP contribution in [0.5, 0.6) is 0 Å². The van der Waals surface area contributed by atoms with Gasteiger partial charge in [0.1, 0.15) is 11.9 Å². The number of likely N-dealkylation sites (tertiary alicyclic amines) is 2. The number of oxazole rings is 1. The van der Waals surface area contributed by atoms with Crippen molar-refractivity contribution in [2.24, 2.45) is 5.41 Å². The monoisotopic (exact) mass is 375 g/mol. The van der Waals surface area contributed by atoms with Gasteiger partial charge in [0.15, 0.2) is 12.1 Å². The summed E-state index contributed by atoms with van der Waals surface area (Å²) in [7, 11) is 0. The molecule has 0 aromatic carbocycles. The second-order valence-corrected chi connectivity index (χ2v) is 8.53. The summed E-state index contributed by atoms with van der Waals surface area (Å²) in [5.74, 6) is 0.579. The lowest BCUT2D eigenvalue weighted by Gasteiger charge is -2.36. The summed E-state index contributed by atoms with van der Waals surface area (Å²) in [5, 5.41) is 0. The van der Waals surface area contributed by atoms with E-state index in [0.717, 1.165) is 26.1 Å². The Bertz CT molecular complexity index is 700. The molecule has 7 nitrogen and oxygen atoms in total. The summed E-state index contributed by atoms with van der Waals surface area (Å²) in [6, 6.07) is 0. The van der Waals surface area contributed by atoms with Gasteiger partial charge in [0, 0.05) is 32.0 Å². The van der Waals surface area contributed by atoms with Crippen LogP contribution in [0, 0.1) is 5.41 Å². The van der Waals surface area contributed by atoms with Gasteiger partial charge in [-0.3, -0.25) is 14.5 Å². The van der Waals surface area contributed by atoms with E-state index < -0.39 is 5.41 Å². The summed E-state index contributed by atoms with van der Waals surface area (Å²) in [4.78, 5) is 33.8. The molecule has 4 heterocycles. The number of carbonyl (C=O) groups excluding carboxylic acids is 2. The molecule has 7 heteroatoms. The lowest BCUT2D eigenvalue weighted by atomic mass is 9.76. The largest absolute Gasteiger partial charge is 0.461 e. The molecule has 3 aliphatic heterocycles. The van der Waals surface area contributed by atoms with Gasteiger partial charge in [-0.15, -0.1) is 0 Å². The summed E-state index contributed by atoms with van der Waals surface area (Å²) in [5.41, 5.74) is -0.00634. The minimum Gasteiger partial charge on any atom is -0.461 e. The van der Waals surface area contributed by atoms with Crippen molar-refractivity contribution in [2.75, 3.05) is 32.7 Å². The van der Waals surface area contributed by atoms with Crippen LogP contribution in [0.3, 0.4) is 0 Å². The Morgan fingerprint density at radius 2 is 1.96 bits per heavy atom. The number of esters is 1. The van der Waals surface area contributed by atoms with Crippen molar-refractivity contribution in [3.05, 3.63) is 17.8 Å². The number of hydrogen-bond donors (Lipinski definition) is 0. The molecule has 1 amide bonds. The van der Waals surface area contributed by atoms with Crippen LogP contribution in [0.2, 0.25) is 0 Å². The number of nitrogens with zero attached hydrogens (tertiary/aromatic N) is 3. The first-order valence-electron chi connectivity index (χ1n) is 10.1. The van der Waals surface area contributed by atoms with Gasteiger partial charge in [-0.05, 0) is 38.8 Å². The maximum atomic E-state index is 12.8. The van der Waals surface area contributed by atoms with Crippen LogP contribution in [0.25, 0.3) is 0 Å². The molecule has 1 unspecified atom stereocenters. The van der Waals surface area contributed by atoms with Crippen molar-refractivity contribution >= 4 is 11.9 Å². The molecule has 0 radical (unpaired) electrons. The van der Waals surface area contributed by atoms with Crippen molar-refractivity contribution in [2.45, 2.75) is 58.0 Å². The van der Waals surface area contributed by atoms with E-state index in [4.69, 9.17) is 9.15 Å². The summed E-state index contributed by atoms with van der Waals surface area (Å²) < 4.78 is 11.1. The molecule has 3 aliphatic rings. The first kappa shape index (κ1) is 18.5. The zero-order valence-electron chi connectivity index (χ0n) is 16.3. The van der Waals surface area contributed by atoms with Crippen LogP contribution in [0.1, 0.15) is 68.1 Å². The van der Waals surface area contributed by atoms with Crippen LogP contribution in [-0.4, -0.2) is 65.5 Å². The second-order valence-electron chi connectivity index (χ2n) is 8.53. The van der Waals surface area contributed by atoms with E-state index in [-0.39, 0.29) is 23.9 Å². The van der Waals surface area contributed by atoms with E-state index in [9.17, 15) is 9.59 Å². The van der Waals surface area contributed by atoms with E-state index >= 15 is 0 Å². The van der Waals surface area contributed by atoms with Crippen LogP contribution >= 0.6 is 0 Å². The Hall–Kier alpha value is -1.89. The highest BCUT2D eigenvalue weighted by Gasteiger charge is 2.51. The molecule has 1 aromatic rings. The quantitative estimate of drug-likeness (QED) is 0.753. The van der Waals surface area contributed by atoms with E-state index in [1.807, 2.05) is 13.8 Å². The molecule has 3 fully saturated rings. The SMILES string of the molecule is CC(C)c1ocnc1C(=O)N1CCC2(CC1)CC(CN1CCCC1)OC2=O. The normalized spacial score (nSPS) is 25.5. The Kier molecular flexibility index (Phi) is 4.97. The third-order valence-electron chi connectivity index (χ3n) is 6.32. The molecular formula is C20H29N3O4. The fraction of sp³-hybridized carbons (Fsp3) is 0.750. The fourth-order valence-corrected chi connectivity index (χ4v) is 4.71. The summed E-state index contributed by atoms with van der Waals surface area (Å²) in [6.45, 7) is 8.17. The van der Waals surface area contributed by atoms with Gasteiger partial charge in [-0.2, -0.15) is 0 Å². The minimum atomic E-state index is -0.411. The smallest absolute Gasteiger partial charge is 0.312 e. The third kappa shape index (κ3) is 3.49. The Labute approximate surface area is 160 Å². The molecule has 0 aliphatic carbocycles. The first-order valence-corrected chi connectivity index (χ1v) is 10.1. The van der Waals surface area contributed by atoms with Gasteiger partial charge < -0.3 is 14.1 Å². The average Bonchev–Trinajstić information content (AvgIpc) is 3.37. The highest BCUT2D eigenvalue weighted by atomic mass is 16.6. The molecule has 27 heavy (non-hydrogen) atoms. The number of cyclic esters (lactones) is 1. The third-order valence-corrected chi connectivity index (χ3v) is 6.32. The predicted molar refractivity (Wildman–Crippen MR) is 98.3 cm³/mol. The molecule has 1 atom stereocenters. The molecule has 1 spiro atoms. The molecule has 0 saturated carbocycles. The summed E-state index contributed by atoms with van der Waals surface area (Å²) in [6.07, 6.45) is 5.94. The Balaban J connectivity index is 1.37. The number of piperidine rings is 1. The number of ether oxygens (including phenoxy) is 1. The van der Waals surface area contributed by atoms with E-state index in [1.54, 1.807) is 4.90 Å². The molecule has 0 N–H and O–H groups in total. The standard InChI is InChI=1S/C20H29N3O4/c1-14(2)17-16(21-13-26-17)18(24)23-9-5-20(6-10-23)11-15(27-19(20)25)12-22-7-3-4-8-22/h13-15H,3-12H2,1-2H3. The first-order chi connectivity index (χ1) is 13.0. The van der Waals surface area contributed by atoms with Crippen molar-refractivity contribution in [1.82, 2.24) is 14.8 Å². The molecular weight excluding hydrogens is 346 g/mol. The fourth-order valence-electron chi connectivity index (χ4n) is 4.71. The van der Waals surface area contributed by atoms with Crippen molar-refractivity contribution in [3.8, 4) is 0 Å². The lowest BCUT2D eigenvalue weighted by molar-refractivity contribution is -0.150. The minimum absolute atomic E-state index is 0.000866. The maximum absolute atomic E-state index is 12.8. The highest BCUT2D eigenvalue weighted by molar-refractivity contribution is 5.93. The van der Waals surface area contributed by atoms with Crippen LogP contribution < -0.4 is 0 Å². The molecule has 3 saturated heterocycles. The number of carbonyl (C=O) groups is 2. The van der Waals surface area contributed by atoms with Gasteiger partial charge in [-0.1, -0.05) is 13.8 Å². The van der Waals surface area contributed by atoms with Crippen LogP contribution in [0.4, 0.5) is 0 Å². The van der Waals surface area contributed by atoms with E-state index in [0.29, 0.717) is 37.4 Å². The van der Waals surface area contributed by atoms with Crippen molar-refractivity contribution in [1.29, 1.82) is 0 Å². The molecule has 4 rings (SSSR count). The number of aromatic nitrogens is 1. The number of rotatable bonds is 4. The summed E-state index contributed by atoms with van der Waals surface area (Å²) >= 11 is 0. The predicted octanol–water partition coefficient (Wildman–Crippen LogP) is 2.43. The Morgan fingerprint density at radius 1 is 1.26 bits per heavy atom. The number of amides is 1. The molecule has 148 valence electrons. The van der Waals surface area contributed by atoms with Crippen LogP contribution in [-0.2, 0) is 9.53 Å². The average molecular weight is 375 g/mol. The van der Waals surface area contributed by atoms with Gasteiger partial charge in [0.05, 0.1) is 5.41 Å². The Morgan fingerprint density at radius 3 is 2.63 bits per heavy atom. The highest BCUT2D eigenvalue weighted by Crippen LogP contribution is 2.43. The van der Waals surface area contributed by atoms with Gasteiger partial charge >= 0.3 is 5.97 Å². The number of hydrogen-bond acceptors (Lipinski definition) is 6. The maximum Gasteiger partial charge on any atom is 0.312 e. The van der Waals surface area contributed by atoms with Crippen molar-refractivity contribution in [3.63, 3.8) is 0 Å². The molecule has 1 aromatic heterocycles. The topological polar surface area (TPSA) is 75.9 Å². The molecule has 0 bridgehead atoms. The zero-order valence-corrected chi connectivity index (χ0v) is 16.3. The zero-order chi connectivity index (χ0) is 19.0. The van der Waals surface area contributed by atoms with Crippen LogP contribution in [0.15, 0.2) is 10.8 Å². The second kappa shape index (κ2) is 7.26. The van der Waals surface area contributed by atoms with Gasteiger partial charge in [0.2, 0.25) is 0 Å². The van der Waals surface area contributed by atoms with Crippen molar-refractivity contribution < 1.29 is 18.7 Å². The van der Waals surface area contributed by atoms with E-state index in [2.05, 4.69) is 9.88 Å². The van der Waals surface area contributed by atoms with Gasteiger partial charge in [0.25, 0.3) is 5.91 Å².